The van der Waals surface area contributed by atoms with E-state index < -0.39 is 0 Å². The number of hydrogen-bond donors (Lipinski definition) is 0. The lowest BCUT2D eigenvalue weighted by atomic mass is 9.46. The van der Waals surface area contributed by atoms with Crippen molar-refractivity contribution in [3.63, 3.8) is 0 Å². The van der Waals surface area contributed by atoms with E-state index in [0.717, 1.165) is 32.1 Å². The Hall–Kier alpha value is -0.900. The van der Waals surface area contributed by atoms with Gasteiger partial charge in [-0.05, 0) is 50.4 Å². The van der Waals surface area contributed by atoms with Crippen LogP contribution in [0.5, 0.6) is 0 Å². The number of ether oxygens (including phenoxy) is 2. The molecule has 4 bridgehead atoms. The van der Waals surface area contributed by atoms with Gasteiger partial charge in [0.2, 0.25) is 0 Å². The highest BCUT2D eigenvalue weighted by Gasteiger charge is 2.60. The van der Waals surface area contributed by atoms with Crippen LogP contribution >= 0.6 is 0 Å². The minimum Gasteiger partial charge on any atom is -0.463 e. The number of carbonyl (C=O) groups is 2. The van der Waals surface area contributed by atoms with E-state index in [4.69, 9.17) is 9.47 Å². The monoisotopic (exact) mass is 294 g/mol. The third-order valence-corrected chi connectivity index (χ3v) is 5.72. The Morgan fingerprint density at radius 2 is 1.76 bits per heavy atom. The zero-order valence-electron chi connectivity index (χ0n) is 13.2. The molecule has 4 aliphatic rings. The minimum absolute atomic E-state index is 0.111. The number of ketones is 1. The van der Waals surface area contributed by atoms with Crippen molar-refractivity contribution in [3.8, 4) is 0 Å². The normalized spacial score (nSPS) is 40.3. The van der Waals surface area contributed by atoms with Crippen molar-refractivity contribution in [1.29, 1.82) is 0 Å². The van der Waals surface area contributed by atoms with Crippen LogP contribution in [-0.4, -0.2) is 30.6 Å². The Labute approximate surface area is 126 Å². The molecule has 4 heteroatoms. The van der Waals surface area contributed by atoms with Crippen LogP contribution in [0.3, 0.4) is 0 Å². The first-order valence-corrected chi connectivity index (χ1v) is 8.28. The van der Waals surface area contributed by atoms with Gasteiger partial charge < -0.3 is 9.47 Å². The third-order valence-electron chi connectivity index (χ3n) is 5.72. The summed E-state index contributed by atoms with van der Waals surface area (Å²) < 4.78 is 11.2. The molecule has 118 valence electrons. The minimum atomic E-state index is -0.262. The number of hydrogen-bond acceptors (Lipinski definition) is 4. The molecule has 4 saturated carbocycles. The highest BCUT2D eigenvalue weighted by atomic mass is 16.6. The van der Waals surface area contributed by atoms with Gasteiger partial charge in [0.1, 0.15) is 12.4 Å². The summed E-state index contributed by atoms with van der Waals surface area (Å²) in [5.74, 6) is 1.47. The van der Waals surface area contributed by atoms with E-state index in [1.807, 2.05) is 6.92 Å². The van der Waals surface area contributed by atoms with Gasteiger partial charge in [-0.2, -0.15) is 0 Å². The molecule has 4 nitrogen and oxygen atoms in total. The van der Waals surface area contributed by atoms with Gasteiger partial charge in [0.05, 0.1) is 12.2 Å². The van der Waals surface area contributed by atoms with Crippen molar-refractivity contribution in [2.75, 3.05) is 13.2 Å². The Morgan fingerprint density at radius 3 is 2.33 bits per heavy atom. The topological polar surface area (TPSA) is 52.6 Å². The van der Waals surface area contributed by atoms with Crippen LogP contribution in [0.15, 0.2) is 0 Å². The van der Waals surface area contributed by atoms with Crippen LogP contribution in [0.2, 0.25) is 0 Å². The summed E-state index contributed by atoms with van der Waals surface area (Å²) in [5, 5.41) is 0. The van der Waals surface area contributed by atoms with E-state index in [1.165, 1.54) is 13.3 Å². The van der Waals surface area contributed by atoms with E-state index in [-0.39, 0.29) is 17.0 Å². The Bertz CT molecular complexity index is 428. The molecule has 21 heavy (non-hydrogen) atoms. The molecule has 0 saturated heterocycles. The molecule has 2 atom stereocenters. The summed E-state index contributed by atoms with van der Waals surface area (Å²) >= 11 is 0. The van der Waals surface area contributed by atoms with Crippen molar-refractivity contribution >= 4 is 11.8 Å². The number of esters is 1. The number of Topliss-reactive ketones (excluding diaryl/α,β-unsaturated/α-hetero) is 1. The van der Waals surface area contributed by atoms with E-state index in [1.54, 1.807) is 0 Å². The molecule has 0 amide bonds. The molecule has 0 aromatic carbocycles. The summed E-state index contributed by atoms with van der Waals surface area (Å²) in [6, 6.07) is 0. The fourth-order valence-electron chi connectivity index (χ4n) is 5.49. The molecule has 0 heterocycles. The van der Waals surface area contributed by atoms with Gasteiger partial charge in [-0.25, -0.2) is 0 Å². The van der Waals surface area contributed by atoms with Gasteiger partial charge in [0.15, 0.2) is 0 Å². The fraction of sp³-hybridized carbons (Fsp3) is 0.882. The molecule has 0 N–H and O–H groups in total. The lowest BCUT2D eigenvalue weighted by molar-refractivity contribution is -0.200. The highest BCUT2D eigenvalue weighted by Crippen LogP contribution is 2.63. The molecule has 0 aromatic rings. The SMILES string of the molecule is CCC(=O)C12CC3CC(CC(OCCOC(C)=O)(C3)C1)C2. The van der Waals surface area contributed by atoms with E-state index in [0.29, 0.717) is 37.3 Å². The Kier molecular flexibility index (Phi) is 3.85. The molecule has 0 spiro atoms. The molecular formula is C17H26O4. The second kappa shape index (κ2) is 5.38. The maximum atomic E-state index is 12.5. The summed E-state index contributed by atoms with van der Waals surface area (Å²) in [4.78, 5) is 23.3. The van der Waals surface area contributed by atoms with E-state index in [2.05, 4.69) is 0 Å². The predicted molar refractivity (Wildman–Crippen MR) is 77.7 cm³/mol. The van der Waals surface area contributed by atoms with Crippen molar-refractivity contribution in [2.45, 2.75) is 64.4 Å². The first kappa shape index (κ1) is 15.0. The van der Waals surface area contributed by atoms with E-state index >= 15 is 0 Å². The average molecular weight is 294 g/mol. The molecule has 4 rings (SSSR count). The third kappa shape index (κ3) is 2.75. The Balaban J connectivity index is 1.68. The van der Waals surface area contributed by atoms with Crippen LogP contribution in [0, 0.1) is 17.3 Å². The van der Waals surface area contributed by atoms with Crippen LogP contribution in [0.4, 0.5) is 0 Å². The Morgan fingerprint density at radius 1 is 1.10 bits per heavy atom. The highest BCUT2D eigenvalue weighted by molar-refractivity contribution is 5.85. The van der Waals surface area contributed by atoms with Gasteiger partial charge in [-0.1, -0.05) is 6.92 Å². The van der Waals surface area contributed by atoms with Crippen molar-refractivity contribution in [2.24, 2.45) is 17.3 Å². The van der Waals surface area contributed by atoms with Crippen LogP contribution in [0.25, 0.3) is 0 Å². The standard InChI is InChI=1S/C17H26O4/c1-3-15(19)16-7-13-6-14(8-16)10-17(9-13,11-16)21-5-4-20-12(2)18/h13-14H,3-11H2,1-2H3. The summed E-state index contributed by atoms with van der Waals surface area (Å²) in [6.45, 7) is 4.17. The average Bonchev–Trinajstić information content (AvgIpc) is 2.41. The van der Waals surface area contributed by atoms with Gasteiger partial charge in [0.25, 0.3) is 0 Å². The van der Waals surface area contributed by atoms with E-state index in [9.17, 15) is 9.59 Å². The lowest BCUT2D eigenvalue weighted by Gasteiger charge is -2.61. The quantitative estimate of drug-likeness (QED) is 0.558. The molecule has 4 aliphatic carbocycles. The van der Waals surface area contributed by atoms with Crippen LogP contribution < -0.4 is 0 Å². The molecule has 4 fully saturated rings. The fourth-order valence-corrected chi connectivity index (χ4v) is 5.49. The number of carbonyl (C=O) groups excluding carboxylic acids is 2. The van der Waals surface area contributed by atoms with Gasteiger partial charge in [-0.15, -0.1) is 0 Å². The molecule has 0 aliphatic heterocycles. The zero-order valence-corrected chi connectivity index (χ0v) is 13.2. The van der Waals surface area contributed by atoms with Crippen LogP contribution in [0.1, 0.15) is 58.8 Å². The second-order valence-electron chi connectivity index (χ2n) is 7.39. The molecule has 0 aromatic heterocycles. The summed E-state index contributed by atoms with van der Waals surface area (Å²) in [6.07, 6.45) is 7.12. The first-order chi connectivity index (χ1) is 9.97. The maximum Gasteiger partial charge on any atom is 0.302 e. The molecule has 2 unspecified atom stereocenters. The summed E-state index contributed by atoms with van der Waals surface area (Å²) in [5.41, 5.74) is -0.241. The maximum absolute atomic E-state index is 12.5. The largest absolute Gasteiger partial charge is 0.463 e. The molecule has 0 radical (unpaired) electrons. The lowest BCUT2D eigenvalue weighted by Crippen LogP contribution is -2.59. The van der Waals surface area contributed by atoms with Crippen molar-refractivity contribution in [1.82, 2.24) is 0 Å². The van der Waals surface area contributed by atoms with Crippen molar-refractivity contribution < 1.29 is 19.1 Å². The van der Waals surface area contributed by atoms with Gasteiger partial charge in [-0.3, -0.25) is 9.59 Å². The first-order valence-electron chi connectivity index (χ1n) is 8.28. The number of rotatable bonds is 6. The zero-order chi connectivity index (χ0) is 15.1. The van der Waals surface area contributed by atoms with Crippen LogP contribution in [-0.2, 0) is 19.1 Å². The van der Waals surface area contributed by atoms with Gasteiger partial charge >= 0.3 is 5.97 Å². The van der Waals surface area contributed by atoms with Gasteiger partial charge in [0, 0.05) is 18.8 Å². The molecular weight excluding hydrogens is 268 g/mol. The predicted octanol–water partition coefficient (Wildman–Crippen LogP) is 2.88. The van der Waals surface area contributed by atoms with Crippen molar-refractivity contribution in [3.05, 3.63) is 0 Å². The second-order valence-corrected chi connectivity index (χ2v) is 7.39. The summed E-state index contributed by atoms with van der Waals surface area (Å²) in [7, 11) is 0. The smallest absolute Gasteiger partial charge is 0.302 e.